The fraction of sp³-hybridized carbons (Fsp3) is 0.333. The van der Waals surface area contributed by atoms with Gasteiger partial charge in [-0.1, -0.05) is 15.9 Å². The minimum absolute atomic E-state index is 0.304. The predicted molar refractivity (Wildman–Crippen MR) is 73.7 cm³/mol. The number of rotatable bonds is 3. The molecular formula is C12H13BrF3NO4. The van der Waals surface area contributed by atoms with Crippen molar-refractivity contribution in [1.29, 1.82) is 0 Å². The summed E-state index contributed by atoms with van der Waals surface area (Å²) in [6, 6.07) is 5.52. The van der Waals surface area contributed by atoms with E-state index in [0.717, 1.165) is 11.3 Å². The lowest BCUT2D eigenvalue weighted by Crippen LogP contribution is -2.21. The van der Waals surface area contributed by atoms with Gasteiger partial charge in [-0.3, -0.25) is 0 Å². The molecule has 0 aliphatic carbocycles. The molecule has 0 spiro atoms. The number of benzene rings is 1. The zero-order chi connectivity index (χ0) is 16.6. The number of alkyl halides is 4. The standard InChI is InChI=1S/C10H12BrNO2.C2HF3O2/c1-12-8-3-4-9(10(13)14-2)7(5-8)6-11;3-2(4,5)1(6)7/h3-5,12H,6H2,1-2H3;(H,6,7). The SMILES string of the molecule is CNc1ccc(C(=O)OC)c(CBr)c1.O=C(O)C(F)(F)F. The molecule has 0 aliphatic rings. The third-order valence-electron chi connectivity index (χ3n) is 2.19. The van der Waals surface area contributed by atoms with Crippen molar-refractivity contribution in [3.8, 4) is 0 Å². The predicted octanol–water partition coefficient (Wildman–Crippen LogP) is 3.04. The highest BCUT2D eigenvalue weighted by atomic mass is 79.9. The maximum atomic E-state index is 11.3. The molecule has 0 amide bonds. The van der Waals surface area contributed by atoms with Gasteiger partial charge in [0, 0.05) is 18.1 Å². The average Bonchev–Trinajstić information content (AvgIpc) is 2.45. The van der Waals surface area contributed by atoms with Gasteiger partial charge in [-0.2, -0.15) is 13.2 Å². The lowest BCUT2D eigenvalue weighted by Gasteiger charge is -2.07. The highest BCUT2D eigenvalue weighted by Crippen LogP contribution is 2.19. The first-order valence-electron chi connectivity index (χ1n) is 5.42. The van der Waals surface area contributed by atoms with E-state index in [1.54, 1.807) is 6.07 Å². The van der Waals surface area contributed by atoms with E-state index >= 15 is 0 Å². The quantitative estimate of drug-likeness (QED) is 0.630. The van der Waals surface area contributed by atoms with Gasteiger partial charge in [0.05, 0.1) is 12.7 Å². The minimum Gasteiger partial charge on any atom is -0.475 e. The first-order chi connectivity index (χ1) is 9.67. The van der Waals surface area contributed by atoms with Crippen LogP contribution in [-0.2, 0) is 14.9 Å². The van der Waals surface area contributed by atoms with Crippen LogP contribution in [-0.4, -0.2) is 37.4 Å². The molecule has 0 saturated heterocycles. The van der Waals surface area contributed by atoms with Crippen LogP contribution in [0.2, 0.25) is 0 Å². The van der Waals surface area contributed by atoms with Gasteiger partial charge in [0.25, 0.3) is 0 Å². The van der Waals surface area contributed by atoms with Crippen LogP contribution in [0, 0.1) is 0 Å². The topological polar surface area (TPSA) is 75.6 Å². The van der Waals surface area contributed by atoms with Crippen LogP contribution in [0.15, 0.2) is 18.2 Å². The van der Waals surface area contributed by atoms with E-state index < -0.39 is 12.1 Å². The van der Waals surface area contributed by atoms with Crippen molar-refractivity contribution in [3.63, 3.8) is 0 Å². The molecule has 0 fully saturated rings. The number of esters is 1. The van der Waals surface area contributed by atoms with Crippen LogP contribution in [0.4, 0.5) is 18.9 Å². The maximum absolute atomic E-state index is 11.3. The van der Waals surface area contributed by atoms with E-state index in [1.807, 2.05) is 19.2 Å². The second-order valence-electron chi connectivity index (χ2n) is 3.55. The van der Waals surface area contributed by atoms with E-state index in [9.17, 15) is 18.0 Å². The molecule has 0 saturated carbocycles. The van der Waals surface area contributed by atoms with Gasteiger partial charge in [0.15, 0.2) is 0 Å². The molecule has 0 unspecified atom stereocenters. The van der Waals surface area contributed by atoms with Gasteiger partial charge in [-0.25, -0.2) is 9.59 Å². The van der Waals surface area contributed by atoms with Gasteiger partial charge in [0.1, 0.15) is 0 Å². The summed E-state index contributed by atoms with van der Waals surface area (Å²) in [5.41, 5.74) is 2.50. The van der Waals surface area contributed by atoms with Crippen molar-refractivity contribution in [2.45, 2.75) is 11.5 Å². The Morgan fingerprint density at radius 1 is 1.38 bits per heavy atom. The van der Waals surface area contributed by atoms with Crippen LogP contribution < -0.4 is 5.32 Å². The van der Waals surface area contributed by atoms with E-state index in [-0.39, 0.29) is 5.97 Å². The van der Waals surface area contributed by atoms with E-state index in [2.05, 4.69) is 26.0 Å². The van der Waals surface area contributed by atoms with Crippen LogP contribution in [0.3, 0.4) is 0 Å². The normalized spacial score (nSPS) is 10.2. The maximum Gasteiger partial charge on any atom is 0.490 e. The number of hydrogen-bond acceptors (Lipinski definition) is 4. The summed E-state index contributed by atoms with van der Waals surface area (Å²) in [6.45, 7) is 0. The summed E-state index contributed by atoms with van der Waals surface area (Å²) in [4.78, 5) is 20.2. The van der Waals surface area contributed by atoms with Crippen molar-refractivity contribution in [3.05, 3.63) is 29.3 Å². The summed E-state index contributed by atoms with van der Waals surface area (Å²) in [5, 5.41) is 10.8. The largest absolute Gasteiger partial charge is 0.490 e. The lowest BCUT2D eigenvalue weighted by molar-refractivity contribution is -0.192. The van der Waals surface area contributed by atoms with Crippen LogP contribution >= 0.6 is 15.9 Å². The van der Waals surface area contributed by atoms with Crippen molar-refractivity contribution in [1.82, 2.24) is 0 Å². The summed E-state index contributed by atoms with van der Waals surface area (Å²) < 4.78 is 36.4. The zero-order valence-corrected chi connectivity index (χ0v) is 12.7. The van der Waals surface area contributed by atoms with Gasteiger partial charge in [0.2, 0.25) is 0 Å². The van der Waals surface area contributed by atoms with E-state index in [0.29, 0.717) is 10.9 Å². The Bertz CT molecular complexity index is 506. The van der Waals surface area contributed by atoms with E-state index in [1.165, 1.54) is 7.11 Å². The highest BCUT2D eigenvalue weighted by Gasteiger charge is 2.38. The smallest absolute Gasteiger partial charge is 0.475 e. The number of carboxylic acids is 1. The number of halogens is 4. The molecule has 118 valence electrons. The molecule has 1 aromatic rings. The Balaban J connectivity index is 0.000000486. The summed E-state index contributed by atoms with van der Waals surface area (Å²) in [6.07, 6.45) is -5.08. The van der Waals surface area contributed by atoms with Gasteiger partial charge in [-0.15, -0.1) is 0 Å². The number of ether oxygens (including phenoxy) is 1. The second kappa shape index (κ2) is 8.50. The Labute approximate surface area is 127 Å². The molecule has 2 N–H and O–H groups in total. The Hall–Kier alpha value is -1.77. The Kier molecular flexibility index (Phi) is 7.79. The Morgan fingerprint density at radius 3 is 2.24 bits per heavy atom. The molecule has 0 aromatic heterocycles. The fourth-order valence-corrected chi connectivity index (χ4v) is 1.63. The molecule has 1 rings (SSSR count). The van der Waals surface area contributed by atoms with Crippen LogP contribution in [0.5, 0.6) is 0 Å². The number of methoxy groups -OCH3 is 1. The number of hydrogen-bond donors (Lipinski definition) is 2. The molecule has 0 bridgehead atoms. The number of carbonyl (C=O) groups is 2. The third kappa shape index (κ3) is 6.48. The molecule has 0 atom stereocenters. The summed E-state index contributed by atoms with van der Waals surface area (Å²) >= 11 is 3.33. The third-order valence-corrected chi connectivity index (χ3v) is 2.79. The molecule has 0 heterocycles. The molecule has 9 heteroatoms. The van der Waals surface area contributed by atoms with Crippen molar-refractivity contribution in [2.75, 3.05) is 19.5 Å². The number of carbonyl (C=O) groups excluding carboxylic acids is 1. The lowest BCUT2D eigenvalue weighted by atomic mass is 10.1. The monoisotopic (exact) mass is 371 g/mol. The molecular weight excluding hydrogens is 359 g/mol. The van der Waals surface area contributed by atoms with Gasteiger partial charge < -0.3 is 15.2 Å². The zero-order valence-electron chi connectivity index (χ0n) is 11.1. The Morgan fingerprint density at radius 2 is 1.90 bits per heavy atom. The number of nitrogens with one attached hydrogen (secondary N) is 1. The van der Waals surface area contributed by atoms with Crippen molar-refractivity contribution < 1.29 is 32.6 Å². The van der Waals surface area contributed by atoms with Crippen LogP contribution in [0.1, 0.15) is 15.9 Å². The number of anilines is 1. The summed E-state index contributed by atoms with van der Waals surface area (Å²) in [7, 11) is 3.22. The number of aliphatic carboxylic acids is 1. The highest BCUT2D eigenvalue weighted by molar-refractivity contribution is 9.08. The summed E-state index contributed by atoms with van der Waals surface area (Å²) in [5.74, 6) is -3.06. The first kappa shape index (κ1) is 19.2. The molecule has 0 aliphatic heterocycles. The molecule has 1 aromatic carbocycles. The molecule has 5 nitrogen and oxygen atoms in total. The van der Waals surface area contributed by atoms with Crippen LogP contribution in [0.25, 0.3) is 0 Å². The molecule has 0 radical (unpaired) electrons. The van der Waals surface area contributed by atoms with Gasteiger partial charge in [-0.05, 0) is 23.8 Å². The number of carboxylic acid groups (broad SMARTS) is 1. The van der Waals surface area contributed by atoms with Gasteiger partial charge >= 0.3 is 18.1 Å². The second-order valence-corrected chi connectivity index (χ2v) is 4.11. The average molecular weight is 372 g/mol. The van der Waals surface area contributed by atoms with Crippen molar-refractivity contribution >= 4 is 33.6 Å². The minimum atomic E-state index is -5.08. The first-order valence-corrected chi connectivity index (χ1v) is 6.54. The van der Waals surface area contributed by atoms with E-state index in [4.69, 9.17) is 9.90 Å². The fourth-order valence-electron chi connectivity index (χ4n) is 1.17. The molecule has 21 heavy (non-hydrogen) atoms. The van der Waals surface area contributed by atoms with Crippen molar-refractivity contribution in [2.24, 2.45) is 0 Å².